The fourth-order valence-corrected chi connectivity index (χ4v) is 5.13. The number of urea groups is 2. The Morgan fingerprint density at radius 1 is 1.00 bits per heavy atom. The summed E-state index contributed by atoms with van der Waals surface area (Å²) < 4.78 is 0. The third-order valence-corrected chi connectivity index (χ3v) is 6.86. The Hall–Kier alpha value is -1.79. The predicted molar refractivity (Wildman–Crippen MR) is 112 cm³/mol. The van der Waals surface area contributed by atoms with E-state index in [0.29, 0.717) is 25.9 Å². The predicted octanol–water partition coefficient (Wildman–Crippen LogP) is 3.63. The molecule has 7 nitrogen and oxygen atoms in total. The van der Waals surface area contributed by atoms with Gasteiger partial charge in [-0.05, 0) is 57.3 Å². The van der Waals surface area contributed by atoms with Crippen LogP contribution in [-0.4, -0.2) is 59.5 Å². The van der Waals surface area contributed by atoms with Crippen molar-refractivity contribution in [1.82, 2.24) is 20.4 Å². The van der Waals surface area contributed by atoms with Crippen molar-refractivity contribution in [2.24, 2.45) is 5.92 Å². The summed E-state index contributed by atoms with van der Waals surface area (Å²) in [6.45, 7) is 4.24. The molecule has 0 aromatic rings. The largest absolute Gasteiger partial charge is 0.343 e. The van der Waals surface area contributed by atoms with Gasteiger partial charge in [-0.25, -0.2) is 9.59 Å². The van der Waals surface area contributed by atoms with Crippen LogP contribution < -0.4 is 10.6 Å². The lowest BCUT2D eigenvalue weighted by atomic mass is 9.84. The molecular formula is C22H38N4O3. The Labute approximate surface area is 174 Å². The molecule has 2 aliphatic carbocycles. The zero-order valence-electron chi connectivity index (χ0n) is 18.0. The Balaban J connectivity index is 1.46. The lowest BCUT2D eigenvalue weighted by molar-refractivity contribution is -0.127. The van der Waals surface area contributed by atoms with Crippen LogP contribution >= 0.6 is 0 Å². The van der Waals surface area contributed by atoms with Crippen LogP contribution in [0.4, 0.5) is 9.59 Å². The number of amides is 5. The highest BCUT2D eigenvalue weighted by atomic mass is 16.2. The standard InChI is InChI=1S/C22H38N4O3/c1-17-10-12-19(13-11-17)26(18-7-3-2-4-8-18)22(29)24-21(28)23-14-6-16-25-15-5-9-20(25)27/h17-19H,2-16H2,1H3,(H2,23,24,28,29). The third-order valence-electron chi connectivity index (χ3n) is 6.86. The molecule has 0 atom stereocenters. The molecule has 2 N–H and O–H groups in total. The number of nitrogens with one attached hydrogen (secondary N) is 2. The molecule has 29 heavy (non-hydrogen) atoms. The number of likely N-dealkylation sites (tertiary alicyclic amines) is 1. The molecule has 1 saturated heterocycles. The first-order chi connectivity index (χ1) is 14.0. The number of hydrogen-bond acceptors (Lipinski definition) is 3. The summed E-state index contributed by atoms with van der Waals surface area (Å²) in [7, 11) is 0. The molecule has 3 rings (SSSR count). The van der Waals surface area contributed by atoms with Gasteiger partial charge < -0.3 is 15.1 Å². The quantitative estimate of drug-likeness (QED) is 0.661. The molecule has 2 saturated carbocycles. The fraction of sp³-hybridized carbons (Fsp3) is 0.864. The maximum absolute atomic E-state index is 13.0. The SMILES string of the molecule is CC1CCC(N(C(=O)NC(=O)NCCCN2CCCC2=O)C2CCCCC2)CC1. The normalized spacial score (nSPS) is 25.7. The molecular weight excluding hydrogens is 368 g/mol. The number of carbonyl (C=O) groups is 3. The van der Waals surface area contributed by atoms with Crippen LogP contribution in [0.5, 0.6) is 0 Å². The van der Waals surface area contributed by atoms with E-state index in [-0.39, 0.29) is 24.0 Å². The van der Waals surface area contributed by atoms with Crippen molar-refractivity contribution in [1.29, 1.82) is 0 Å². The minimum Gasteiger partial charge on any atom is -0.343 e. The van der Waals surface area contributed by atoms with Crippen LogP contribution in [0.1, 0.15) is 84.0 Å². The number of nitrogens with zero attached hydrogens (tertiary/aromatic N) is 2. The minimum absolute atomic E-state index is 0.203. The molecule has 164 valence electrons. The first-order valence-electron chi connectivity index (χ1n) is 11.7. The van der Waals surface area contributed by atoms with Gasteiger partial charge in [-0.2, -0.15) is 0 Å². The van der Waals surface area contributed by atoms with E-state index in [9.17, 15) is 14.4 Å². The van der Waals surface area contributed by atoms with Crippen molar-refractivity contribution >= 4 is 18.0 Å². The molecule has 0 aromatic heterocycles. The smallest absolute Gasteiger partial charge is 0.325 e. The molecule has 1 aliphatic heterocycles. The maximum atomic E-state index is 13.0. The van der Waals surface area contributed by atoms with Crippen LogP contribution in [-0.2, 0) is 4.79 Å². The maximum Gasteiger partial charge on any atom is 0.325 e. The van der Waals surface area contributed by atoms with Gasteiger partial charge in [0.25, 0.3) is 0 Å². The molecule has 0 spiro atoms. The van der Waals surface area contributed by atoms with E-state index in [2.05, 4.69) is 17.6 Å². The monoisotopic (exact) mass is 406 g/mol. The average Bonchev–Trinajstić information content (AvgIpc) is 3.12. The first kappa shape index (κ1) is 21.9. The molecule has 5 amide bonds. The van der Waals surface area contributed by atoms with Gasteiger partial charge in [-0.15, -0.1) is 0 Å². The van der Waals surface area contributed by atoms with Crippen LogP contribution in [0.3, 0.4) is 0 Å². The highest BCUT2D eigenvalue weighted by molar-refractivity contribution is 5.93. The van der Waals surface area contributed by atoms with E-state index in [1.165, 1.54) is 19.3 Å². The highest BCUT2D eigenvalue weighted by Crippen LogP contribution is 2.32. The zero-order chi connectivity index (χ0) is 20.6. The lowest BCUT2D eigenvalue weighted by Crippen LogP contribution is -2.55. The van der Waals surface area contributed by atoms with Gasteiger partial charge >= 0.3 is 12.1 Å². The zero-order valence-corrected chi connectivity index (χ0v) is 18.0. The van der Waals surface area contributed by atoms with Crippen molar-refractivity contribution in [3.05, 3.63) is 0 Å². The average molecular weight is 407 g/mol. The highest BCUT2D eigenvalue weighted by Gasteiger charge is 2.34. The molecule has 3 aliphatic rings. The summed E-state index contributed by atoms with van der Waals surface area (Å²) >= 11 is 0. The number of hydrogen-bond donors (Lipinski definition) is 2. The topological polar surface area (TPSA) is 81.8 Å². The van der Waals surface area contributed by atoms with Gasteiger partial charge in [-0.1, -0.05) is 26.2 Å². The number of imide groups is 1. The fourth-order valence-electron chi connectivity index (χ4n) is 5.13. The molecule has 0 radical (unpaired) electrons. The van der Waals surface area contributed by atoms with Crippen molar-refractivity contribution in [3.63, 3.8) is 0 Å². The Kier molecular flexibility index (Phi) is 8.19. The van der Waals surface area contributed by atoms with Gasteiger partial charge in [0.2, 0.25) is 5.91 Å². The molecule has 0 bridgehead atoms. The van der Waals surface area contributed by atoms with Gasteiger partial charge in [0.1, 0.15) is 0 Å². The van der Waals surface area contributed by atoms with E-state index in [1.807, 2.05) is 9.80 Å². The van der Waals surface area contributed by atoms with Crippen LogP contribution in [0.15, 0.2) is 0 Å². The summed E-state index contributed by atoms with van der Waals surface area (Å²) in [6.07, 6.45) is 12.3. The summed E-state index contributed by atoms with van der Waals surface area (Å²) in [5.41, 5.74) is 0. The second-order valence-corrected chi connectivity index (χ2v) is 9.14. The summed E-state index contributed by atoms with van der Waals surface area (Å²) in [5.74, 6) is 0.933. The third kappa shape index (κ3) is 6.34. The summed E-state index contributed by atoms with van der Waals surface area (Å²) in [5, 5.41) is 5.36. The van der Waals surface area contributed by atoms with E-state index >= 15 is 0 Å². The molecule has 7 heteroatoms. The van der Waals surface area contributed by atoms with Crippen molar-refractivity contribution in [2.75, 3.05) is 19.6 Å². The second kappa shape index (κ2) is 10.8. The Morgan fingerprint density at radius 2 is 1.69 bits per heavy atom. The lowest BCUT2D eigenvalue weighted by Gasteiger charge is -2.42. The van der Waals surface area contributed by atoms with Crippen LogP contribution in [0, 0.1) is 5.92 Å². The summed E-state index contributed by atoms with van der Waals surface area (Å²) in [6, 6.07) is -0.143. The Morgan fingerprint density at radius 3 is 2.34 bits per heavy atom. The van der Waals surface area contributed by atoms with Gasteiger partial charge in [0.15, 0.2) is 0 Å². The van der Waals surface area contributed by atoms with Gasteiger partial charge in [0.05, 0.1) is 0 Å². The van der Waals surface area contributed by atoms with Crippen molar-refractivity contribution in [2.45, 2.75) is 96.1 Å². The van der Waals surface area contributed by atoms with Crippen molar-refractivity contribution < 1.29 is 14.4 Å². The van der Waals surface area contributed by atoms with Gasteiger partial charge in [-0.3, -0.25) is 10.1 Å². The van der Waals surface area contributed by atoms with E-state index in [0.717, 1.165) is 57.4 Å². The van der Waals surface area contributed by atoms with Crippen LogP contribution in [0.25, 0.3) is 0 Å². The van der Waals surface area contributed by atoms with E-state index in [4.69, 9.17) is 0 Å². The van der Waals surface area contributed by atoms with Crippen LogP contribution in [0.2, 0.25) is 0 Å². The van der Waals surface area contributed by atoms with Gasteiger partial charge in [0, 0.05) is 38.1 Å². The molecule has 0 unspecified atom stereocenters. The van der Waals surface area contributed by atoms with Crippen molar-refractivity contribution in [3.8, 4) is 0 Å². The summed E-state index contributed by atoms with van der Waals surface area (Å²) in [4.78, 5) is 40.8. The van der Waals surface area contributed by atoms with E-state index in [1.54, 1.807) is 0 Å². The number of rotatable bonds is 6. The Bertz CT molecular complexity index is 568. The minimum atomic E-state index is -0.423. The molecule has 3 fully saturated rings. The molecule has 0 aromatic carbocycles. The number of carbonyl (C=O) groups excluding carboxylic acids is 3. The molecule has 1 heterocycles. The second-order valence-electron chi connectivity index (χ2n) is 9.14. The van der Waals surface area contributed by atoms with E-state index < -0.39 is 6.03 Å². The first-order valence-corrected chi connectivity index (χ1v) is 11.7.